The Bertz CT molecular complexity index is 486. The van der Waals surface area contributed by atoms with E-state index in [4.69, 9.17) is 4.74 Å². The van der Waals surface area contributed by atoms with Crippen LogP contribution in [-0.4, -0.2) is 12.1 Å². The van der Waals surface area contributed by atoms with Crippen molar-refractivity contribution in [1.82, 2.24) is 4.98 Å². The smallest absolute Gasteiger partial charge is 0.0844 e. The number of H-pyrrole nitrogens is 1. The molecule has 0 saturated carbocycles. The number of rotatable bonds is 1. The second-order valence-electron chi connectivity index (χ2n) is 4.18. The summed E-state index contributed by atoms with van der Waals surface area (Å²) in [4.78, 5) is 3.50. The van der Waals surface area contributed by atoms with Crippen LogP contribution in [0.25, 0.3) is 10.9 Å². The third kappa shape index (κ3) is 1.29. The lowest BCUT2D eigenvalue weighted by Gasteiger charge is -2.21. The maximum atomic E-state index is 5.56. The molecule has 0 unspecified atom stereocenters. The van der Waals surface area contributed by atoms with Gasteiger partial charge in [0.2, 0.25) is 0 Å². The predicted octanol–water partition coefficient (Wildman–Crippen LogP) is 3.19. The maximum Gasteiger partial charge on any atom is 0.0844 e. The predicted molar refractivity (Wildman–Crippen MR) is 61.0 cm³/mol. The fourth-order valence-electron chi connectivity index (χ4n) is 2.63. The van der Waals surface area contributed by atoms with E-state index in [0.717, 1.165) is 12.8 Å². The molecule has 2 heteroatoms. The molecular formula is C13H15NO. The van der Waals surface area contributed by atoms with Crippen molar-refractivity contribution in [3.05, 3.63) is 35.5 Å². The van der Waals surface area contributed by atoms with E-state index in [0.29, 0.717) is 0 Å². The first kappa shape index (κ1) is 8.98. The third-order valence-corrected chi connectivity index (χ3v) is 3.33. The quantitative estimate of drug-likeness (QED) is 0.753. The number of fused-ring (bicyclic) bond motifs is 3. The highest BCUT2D eigenvalue weighted by atomic mass is 16.5. The van der Waals surface area contributed by atoms with Gasteiger partial charge < -0.3 is 9.72 Å². The van der Waals surface area contributed by atoms with Gasteiger partial charge in [0.05, 0.1) is 6.10 Å². The molecule has 1 aromatic carbocycles. The number of para-hydroxylation sites is 1. The Morgan fingerprint density at radius 3 is 3.07 bits per heavy atom. The number of hydrogen-bond donors (Lipinski definition) is 1. The van der Waals surface area contributed by atoms with Crippen LogP contribution >= 0.6 is 0 Å². The van der Waals surface area contributed by atoms with Crippen molar-refractivity contribution in [2.24, 2.45) is 0 Å². The van der Waals surface area contributed by atoms with Crippen LogP contribution in [0.1, 0.15) is 30.2 Å². The molecule has 0 fully saturated rings. The molecule has 2 nitrogen and oxygen atoms in total. The molecule has 78 valence electrons. The summed E-state index contributed by atoms with van der Waals surface area (Å²) in [6.07, 6.45) is 3.80. The summed E-state index contributed by atoms with van der Waals surface area (Å²) in [6.45, 7) is 0. The fraction of sp³-hybridized carbons (Fsp3) is 0.385. The van der Waals surface area contributed by atoms with E-state index in [9.17, 15) is 0 Å². The zero-order valence-electron chi connectivity index (χ0n) is 8.92. The molecule has 1 aliphatic rings. The van der Waals surface area contributed by atoms with Crippen LogP contribution in [0.4, 0.5) is 0 Å². The van der Waals surface area contributed by atoms with Gasteiger partial charge in [0.25, 0.3) is 0 Å². The van der Waals surface area contributed by atoms with Crippen LogP contribution in [0.15, 0.2) is 24.3 Å². The maximum absolute atomic E-state index is 5.56. The van der Waals surface area contributed by atoms with Gasteiger partial charge in [-0.1, -0.05) is 18.2 Å². The van der Waals surface area contributed by atoms with E-state index in [-0.39, 0.29) is 6.10 Å². The summed E-state index contributed by atoms with van der Waals surface area (Å²) in [7, 11) is 1.81. The Morgan fingerprint density at radius 1 is 1.33 bits per heavy atom. The van der Waals surface area contributed by atoms with Gasteiger partial charge in [-0.05, 0) is 25.3 Å². The summed E-state index contributed by atoms with van der Waals surface area (Å²) in [5.41, 5.74) is 4.00. The van der Waals surface area contributed by atoms with Crippen LogP contribution in [-0.2, 0) is 11.2 Å². The number of aryl methyl sites for hydroxylation is 1. The minimum Gasteiger partial charge on any atom is -0.377 e. The standard InChI is InChI=1S/C13H15NO/c1-15-12-8-4-7-11-13(12)9-5-2-3-6-10(9)14-11/h2-3,5-6,12,14H,4,7-8H2,1H3/t12-/m1/s1. The summed E-state index contributed by atoms with van der Waals surface area (Å²) < 4.78 is 5.56. The van der Waals surface area contributed by atoms with Crippen molar-refractivity contribution in [3.8, 4) is 0 Å². The van der Waals surface area contributed by atoms with Crippen LogP contribution in [0.5, 0.6) is 0 Å². The van der Waals surface area contributed by atoms with Crippen LogP contribution < -0.4 is 0 Å². The lowest BCUT2D eigenvalue weighted by Crippen LogP contribution is -2.10. The molecule has 1 atom stereocenters. The van der Waals surface area contributed by atoms with E-state index in [1.54, 1.807) is 0 Å². The normalized spacial score (nSPS) is 20.5. The van der Waals surface area contributed by atoms with Gasteiger partial charge in [-0.15, -0.1) is 0 Å². The number of hydrogen-bond acceptors (Lipinski definition) is 1. The van der Waals surface area contributed by atoms with Gasteiger partial charge in [-0.25, -0.2) is 0 Å². The van der Waals surface area contributed by atoms with Crippen molar-refractivity contribution in [3.63, 3.8) is 0 Å². The molecule has 1 heterocycles. The number of aromatic amines is 1. The minimum absolute atomic E-state index is 0.282. The van der Waals surface area contributed by atoms with Gasteiger partial charge in [0.15, 0.2) is 0 Å². The van der Waals surface area contributed by atoms with Gasteiger partial charge in [-0.2, -0.15) is 0 Å². The number of ether oxygens (including phenoxy) is 1. The topological polar surface area (TPSA) is 25.0 Å². The number of benzene rings is 1. The Balaban J connectivity index is 2.27. The second-order valence-corrected chi connectivity index (χ2v) is 4.18. The Hall–Kier alpha value is -1.28. The largest absolute Gasteiger partial charge is 0.377 e. The molecule has 0 aliphatic heterocycles. The first-order valence-corrected chi connectivity index (χ1v) is 5.52. The molecule has 3 rings (SSSR count). The molecule has 0 amide bonds. The van der Waals surface area contributed by atoms with E-state index >= 15 is 0 Å². The molecule has 0 saturated heterocycles. The fourth-order valence-corrected chi connectivity index (χ4v) is 2.63. The SMILES string of the molecule is CO[C@@H]1CCCc2[nH]c3ccccc3c21. The van der Waals surface area contributed by atoms with Gasteiger partial charge in [0.1, 0.15) is 0 Å². The summed E-state index contributed by atoms with van der Waals surface area (Å²) in [5.74, 6) is 0. The molecule has 1 aromatic heterocycles. The minimum atomic E-state index is 0.282. The number of nitrogens with one attached hydrogen (secondary N) is 1. The van der Waals surface area contributed by atoms with E-state index < -0.39 is 0 Å². The molecule has 15 heavy (non-hydrogen) atoms. The lowest BCUT2D eigenvalue weighted by atomic mass is 9.93. The van der Waals surface area contributed by atoms with Crippen LogP contribution in [0.2, 0.25) is 0 Å². The highest BCUT2D eigenvalue weighted by Crippen LogP contribution is 2.37. The zero-order valence-corrected chi connectivity index (χ0v) is 8.92. The monoisotopic (exact) mass is 201 g/mol. The van der Waals surface area contributed by atoms with E-state index in [1.165, 1.54) is 28.6 Å². The molecule has 0 spiro atoms. The van der Waals surface area contributed by atoms with E-state index in [2.05, 4.69) is 29.2 Å². The van der Waals surface area contributed by atoms with Crippen molar-refractivity contribution in [2.75, 3.05) is 7.11 Å². The van der Waals surface area contributed by atoms with Crippen molar-refractivity contribution in [1.29, 1.82) is 0 Å². The first-order valence-electron chi connectivity index (χ1n) is 5.52. The molecule has 1 aliphatic carbocycles. The van der Waals surface area contributed by atoms with Gasteiger partial charge >= 0.3 is 0 Å². The average molecular weight is 201 g/mol. The van der Waals surface area contributed by atoms with E-state index in [1.807, 2.05) is 7.11 Å². The van der Waals surface area contributed by atoms with Crippen molar-refractivity contribution in [2.45, 2.75) is 25.4 Å². The third-order valence-electron chi connectivity index (χ3n) is 3.33. The average Bonchev–Trinajstić information content (AvgIpc) is 2.67. The Morgan fingerprint density at radius 2 is 2.20 bits per heavy atom. The van der Waals surface area contributed by atoms with Crippen molar-refractivity contribution < 1.29 is 4.74 Å². The van der Waals surface area contributed by atoms with Crippen molar-refractivity contribution >= 4 is 10.9 Å². The molecule has 0 bridgehead atoms. The Kier molecular flexibility index (Phi) is 2.03. The van der Waals surface area contributed by atoms with Crippen LogP contribution in [0.3, 0.4) is 0 Å². The molecule has 1 N–H and O–H groups in total. The molecule has 0 radical (unpaired) electrons. The summed E-state index contributed by atoms with van der Waals surface area (Å²) in [6, 6.07) is 8.49. The number of aromatic nitrogens is 1. The lowest BCUT2D eigenvalue weighted by molar-refractivity contribution is 0.0892. The summed E-state index contributed by atoms with van der Waals surface area (Å²) >= 11 is 0. The van der Waals surface area contributed by atoms with Gasteiger partial charge in [-0.3, -0.25) is 0 Å². The number of methoxy groups -OCH3 is 1. The molecular weight excluding hydrogens is 186 g/mol. The second kappa shape index (κ2) is 3.38. The molecule has 2 aromatic rings. The highest BCUT2D eigenvalue weighted by Gasteiger charge is 2.23. The first-order chi connectivity index (χ1) is 7.40. The van der Waals surface area contributed by atoms with Gasteiger partial charge in [0, 0.05) is 29.3 Å². The van der Waals surface area contributed by atoms with Crippen LogP contribution in [0, 0.1) is 0 Å². The highest BCUT2D eigenvalue weighted by molar-refractivity contribution is 5.85. The Labute approximate surface area is 89.3 Å². The zero-order chi connectivity index (χ0) is 10.3. The summed E-state index contributed by atoms with van der Waals surface area (Å²) in [5, 5.41) is 1.33.